The van der Waals surface area contributed by atoms with Gasteiger partial charge in [0.25, 0.3) is 0 Å². The van der Waals surface area contributed by atoms with Gasteiger partial charge in [-0.3, -0.25) is 4.79 Å². The zero-order chi connectivity index (χ0) is 7.98. The molecule has 1 unspecified atom stereocenters. The van der Waals surface area contributed by atoms with Crippen molar-refractivity contribution < 1.29 is 9.53 Å². The molecule has 0 aromatic heterocycles. The molecule has 1 atom stereocenters. The Morgan fingerprint density at radius 1 is 1.60 bits per heavy atom. The van der Waals surface area contributed by atoms with Crippen LogP contribution in [0.3, 0.4) is 0 Å². The van der Waals surface area contributed by atoms with Crippen molar-refractivity contribution in [1.82, 2.24) is 0 Å². The molecule has 0 N–H and O–H groups in total. The number of carbonyl (C=O) groups excluding carboxylic acids is 1. The highest BCUT2D eigenvalue weighted by molar-refractivity contribution is 6.19. The zero-order valence-electron chi connectivity index (χ0n) is 5.77. The maximum atomic E-state index is 10.7. The van der Waals surface area contributed by atoms with Crippen LogP contribution < -0.4 is 0 Å². The molecule has 60 valence electrons. The number of carbonyl (C=O) groups is 1. The van der Waals surface area contributed by atoms with Crippen LogP contribution in [0.5, 0.6) is 0 Å². The third-order valence-corrected chi connectivity index (χ3v) is 1.68. The minimum Gasteiger partial charge on any atom is -0.365 e. The number of alkyl halides is 2. The van der Waals surface area contributed by atoms with E-state index >= 15 is 0 Å². The normalized spacial score (nSPS) is 13.1. The number of ketones is 1. The minimum absolute atomic E-state index is 0.0418. The van der Waals surface area contributed by atoms with E-state index < -0.39 is 0 Å². The Balaban J connectivity index is 3.50. The van der Waals surface area contributed by atoms with Gasteiger partial charge in [-0.15, -0.1) is 11.6 Å². The molecular weight excluding hydrogens is 175 g/mol. The van der Waals surface area contributed by atoms with Crippen LogP contribution in [0.1, 0.15) is 6.92 Å². The Hall–Kier alpha value is 0.210. The van der Waals surface area contributed by atoms with E-state index in [-0.39, 0.29) is 17.8 Å². The van der Waals surface area contributed by atoms with E-state index in [0.717, 1.165) is 0 Å². The summed E-state index contributed by atoms with van der Waals surface area (Å²) >= 11 is 10.7. The van der Waals surface area contributed by atoms with E-state index in [2.05, 4.69) is 0 Å². The van der Waals surface area contributed by atoms with Gasteiger partial charge in [0.05, 0.1) is 12.5 Å². The molecule has 0 saturated carbocycles. The van der Waals surface area contributed by atoms with E-state index in [4.69, 9.17) is 27.9 Å². The summed E-state index contributed by atoms with van der Waals surface area (Å²) in [5.41, 5.74) is 0. The van der Waals surface area contributed by atoms with Crippen LogP contribution in [0.4, 0.5) is 0 Å². The van der Waals surface area contributed by atoms with Gasteiger partial charge in [0.15, 0.2) is 0 Å². The van der Waals surface area contributed by atoms with E-state index in [9.17, 15) is 4.79 Å². The molecule has 0 aliphatic rings. The number of ether oxygens (including phenoxy) is 1. The van der Waals surface area contributed by atoms with Crippen molar-refractivity contribution in [2.75, 3.05) is 18.6 Å². The summed E-state index contributed by atoms with van der Waals surface area (Å²) in [5, 5.41) is 0. The van der Waals surface area contributed by atoms with Crippen molar-refractivity contribution in [1.29, 1.82) is 0 Å². The molecule has 0 saturated heterocycles. The molecule has 2 nitrogen and oxygen atoms in total. The first-order chi connectivity index (χ1) is 4.72. The third-order valence-electron chi connectivity index (χ3n) is 1.16. The molecule has 0 aliphatic carbocycles. The van der Waals surface area contributed by atoms with E-state index in [1.807, 2.05) is 0 Å². The van der Waals surface area contributed by atoms with Crippen LogP contribution in [-0.4, -0.2) is 24.3 Å². The summed E-state index contributed by atoms with van der Waals surface area (Å²) in [4.78, 5) is 10.7. The molecule has 10 heavy (non-hydrogen) atoms. The van der Waals surface area contributed by atoms with E-state index in [1.54, 1.807) is 0 Å². The van der Waals surface area contributed by atoms with Crippen LogP contribution >= 0.6 is 23.2 Å². The van der Waals surface area contributed by atoms with Gasteiger partial charge in [0.1, 0.15) is 11.8 Å². The molecule has 4 heteroatoms. The maximum Gasteiger partial charge on any atom is 0.136 e. The van der Waals surface area contributed by atoms with Crippen molar-refractivity contribution in [2.45, 2.75) is 6.92 Å². The molecule has 0 heterocycles. The summed E-state index contributed by atoms with van der Waals surface area (Å²) < 4.78 is 4.81. The molecular formula is C6H10Cl2O2. The second-order valence-electron chi connectivity index (χ2n) is 1.94. The van der Waals surface area contributed by atoms with Gasteiger partial charge in [-0.25, -0.2) is 0 Å². The SMILES string of the molecule is CC(=O)C(CCl)COCCl. The smallest absolute Gasteiger partial charge is 0.136 e. The number of rotatable bonds is 5. The molecule has 0 rings (SSSR count). The third kappa shape index (κ3) is 4.09. The molecule has 0 spiro atoms. The average molecular weight is 185 g/mol. The lowest BCUT2D eigenvalue weighted by atomic mass is 10.1. The fourth-order valence-corrected chi connectivity index (χ4v) is 0.853. The first-order valence-electron chi connectivity index (χ1n) is 2.92. The van der Waals surface area contributed by atoms with Gasteiger partial charge in [0, 0.05) is 5.88 Å². The lowest BCUT2D eigenvalue weighted by molar-refractivity contribution is -0.121. The van der Waals surface area contributed by atoms with Crippen molar-refractivity contribution >= 4 is 29.0 Å². The van der Waals surface area contributed by atoms with Crippen LogP contribution in [0.25, 0.3) is 0 Å². The zero-order valence-corrected chi connectivity index (χ0v) is 7.28. The highest BCUT2D eigenvalue weighted by Crippen LogP contribution is 2.02. The highest BCUT2D eigenvalue weighted by atomic mass is 35.5. The van der Waals surface area contributed by atoms with E-state index in [0.29, 0.717) is 12.5 Å². The van der Waals surface area contributed by atoms with Gasteiger partial charge in [-0.1, -0.05) is 11.6 Å². The van der Waals surface area contributed by atoms with Crippen LogP contribution in [0.2, 0.25) is 0 Å². The number of hydrogen-bond acceptors (Lipinski definition) is 2. The lowest BCUT2D eigenvalue weighted by Crippen LogP contribution is -2.18. The van der Waals surface area contributed by atoms with Gasteiger partial charge in [-0.2, -0.15) is 0 Å². The number of Topliss-reactive ketones (excluding diaryl/α,β-unsaturated/α-hetero) is 1. The predicted molar refractivity (Wildman–Crippen MR) is 41.6 cm³/mol. The second kappa shape index (κ2) is 5.96. The summed E-state index contributed by atoms with van der Waals surface area (Å²) in [5.74, 6) is 0.132. The van der Waals surface area contributed by atoms with Gasteiger partial charge in [0.2, 0.25) is 0 Å². The van der Waals surface area contributed by atoms with Gasteiger partial charge in [-0.05, 0) is 6.92 Å². The first-order valence-corrected chi connectivity index (χ1v) is 3.99. The summed E-state index contributed by atoms with van der Waals surface area (Å²) in [6.45, 7) is 1.81. The van der Waals surface area contributed by atoms with Crippen molar-refractivity contribution in [3.05, 3.63) is 0 Å². The fraction of sp³-hybridized carbons (Fsp3) is 0.833. The lowest BCUT2D eigenvalue weighted by Gasteiger charge is -2.07. The summed E-state index contributed by atoms with van der Waals surface area (Å²) in [6.07, 6.45) is 0. The van der Waals surface area contributed by atoms with Gasteiger partial charge >= 0.3 is 0 Å². The highest BCUT2D eigenvalue weighted by Gasteiger charge is 2.11. The first kappa shape index (κ1) is 10.2. The molecule has 0 aromatic carbocycles. The second-order valence-corrected chi connectivity index (χ2v) is 2.47. The Labute approximate surface area is 70.4 Å². The minimum atomic E-state index is -0.208. The number of halogens is 2. The molecule has 0 fully saturated rings. The molecule has 0 bridgehead atoms. The molecule has 0 aliphatic heterocycles. The molecule has 0 radical (unpaired) electrons. The largest absolute Gasteiger partial charge is 0.365 e. The van der Waals surface area contributed by atoms with Gasteiger partial charge < -0.3 is 4.74 Å². The monoisotopic (exact) mass is 184 g/mol. The Kier molecular flexibility index (Phi) is 6.08. The Morgan fingerprint density at radius 3 is 2.50 bits per heavy atom. The average Bonchev–Trinajstić information content (AvgIpc) is 1.89. The fourth-order valence-electron chi connectivity index (χ4n) is 0.457. The van der Waals surface area contributed by atoms with Crippen LogP contribution in [-0.2, 0) is 9.53 Å². The molecule has 0 amide bonds. The van der Waals surface area contributed by atoms with Crippen molar-refractivity contribution in [3.63, 3.8) is 0 Å². The van der Waals surface area contributed by atoms with Crippen LogP contribution in [0, 0.1) is 5.92 Å². The van der Waals surface area contributed by atoms with Crippen molar-refractivity contribution in [3.8, 4) is 0 Å². The molecule has 0 aromatic rings. The quantitative estimate of drug-likeness (QED) is 0.608. The predicted octanol–water partition coefficient (Wildman–Crippen LogP) is 1.64. The Bertz CT molecular complexity index is 106. The summed E-state index contributed by atoms with van der Waals surface area (Å²) in [7, 11) is 0. The standard InChI is InChI=1S/C6H10Cl2O2/c1-5(9)6(2-7)3-10-4-8/h6H,2-4H2,1H3. The maximum absolute atomic E-state index is 10.7. The Morgan fingerprint density at radius 2 is 2.20 bits per heavy atom. The van der Waals surface area contributed by atoms with Crippen LogP contribution in [0.15, 0.2) is 0 Å². The topological polar surface area (TPSA) is 26.3 Å². The number of hydrogen-bond donors (Lipinski definition) is 0. The van der Waals surface area contributed by atoms with E-state index in [1.165, 1.54) is 6.92 Å². The van der Waals surface area contributed by atoms with Crippen molar-refractivity contribution in [2.24, 2.45) is 5.92 Å². The summed E-state index contributed by atoms with van der Waals surface area (Å²) in [6, 6.07) is 0.112.